The largest absolute Gasteiger partial charge is 0.294 e. The third kappa shape index (κ3) is 4.29. The highest BCUT2D eigenvalue weighted by molar-refractivity contribution is 5.35. The molecule has 4 nitrogen and oxygen atoms in total. The number of aromatic nitrogens is 2. The first-order valence-corrected chi connectivity index (χ1v) is 11.4. The zero-order valence-electron chi connectivity index (χ0n) is 18.9. The Morgan fingerprint density at radius 3 is 2.24 bits per heavy atom. The summed E-state index contributed by atoms with van der Waals surface area (Å²) in [5.74, 6) is -0.257. The fraction of sp³-hybridized carbons (Fsp3) is 0.214. The molecule has 172 valence electrons. The minimum Gasteiger partial charge on any atom is -0.294 e. The Labute approximate surface area is 197 Å². The molecule has 0 bridgehead atoms. The normalized spacial score (nSPS) is 13.8. The van der Waals surface area contributed by atoms with Gasteiger partial charge in [0, 0.05) is 31.6 Å². The maximum absolute atomic E-state index is 14.2. The van der Waals surface area contributed by atoms with Crippen molar-refractivity contribution >= 4 is 0 Å². The molecule has 0 fully saturated rings. The highest BCUT2D eigenvalue weighted by Crippen LogP contribution is 2.27. The van der Waals surface area contributed by atoms with Crippen LogP contribution < -0.4 is 5.56 Å². The molecule has 0 N–H and O–H groups in total. The summed E-state index contributed by atoms with van der Waals surface area (Å²) in [6.07, 6.45) is 0.588. The molecule has 1 aromatic heterocycles. The van der Waals surface area contributed by atoms with E-state index in [1.54, 1.807) is 4.57 Å². The summed E-state index contributed by atoms with van der Waals surface area (Å²) in [5, 5.41) is 0. The summed E-state index contributed by atoms with van der Waals surface area (Å²) in [7, 11) is 0. The number of hydrogen-bond acceptors (Lipinski definition) is 3. The van der Waals surface area contributed by atoms with Crippen LogP contribution in [0.25, 0.3) is 0 Å². The van der Waals surface area contributed by atoms with Crippen LogP contribution in [0.3, 0.4) is 0 Å². The van der Waals surface area contributed by atoms with Crippen molar-refractivity contribution in [2.24, 2.45) is 0 Å². The lowest BCUT2D eigenvalue weighted by molar-refractivity contribution is 0.236. The molecule has 0 atom stereocenters. The monoisotopic (exact) mass is 457 g/mol. The Hall–Kier alpha value is -3.64. The average Bonchev–Trinajstić information content (AvgIpc) is 2.85. The summed E-state index contributed by atoms with van der Waals surface area (Å²) in [6, 6.07) is 23.0. The van der Waals surface area contributed by atoms with E-state index in [0.717, 1.165) is 29.0 Å². The standard InChI is InChI=1S/C28H25F2N3O/c1-19-31-26-14-15-32(17-22-16-23(29)12-13-25(22)30)18-24(26)28(34)33(19)27(20-8-4-2-5-9-20)21-10-6-3-7-11-21/h2-13,16,27H,14-15,17-18H2,1H3. The molecular weight excluding hydrogens is 432 g/mol. The number of rotatable bonds is 5. The van der Waals surface area contributed by atoms with E-state index >= 15 is 0 Å². The third-order valence-corrected chi connectivity index (χ3v) is 6.41. The van der Waals surface area contributed by atoms with Gasteiger partial charge in [0.2, 0.25) is 0 Å². The number of halogens is 2. The lowest BCUT2D eigenvalue weighted by Crippen LogP contribution is -2.40. The fourth-order valence-electron chi connectivity index (χ4n) is 4.77. The van der Waals surface area contributed by atoms with E-state index in [0.29, 0.717) is 30.9 Å². The van der Waals surface area contributed by atoms with Crippen LogP contribution in [0.15, 0.2) is 83.7 Å². The first kappa shape index (κ1) is 22.2. The van der Waals surface area contributed by atoms with Crippen LogP contribution in [0, 0.1) is 18.6 Å². The van der Waals surface area contributed by atoms with Gasteiger partial charge in [0.25, 0.3) is 5.56 Å². The van der Waals surface area contributed by atoms with Crippen molar-refractivity contribution in [3.8, 4) is 0 Å². The van der Waals surface area contributed by atoms with Crippen molar-refractivity contribution in [2.45, 2.75) is 32.5 Å². The molecule has 2 heterocycles. The quantitative estimate of drug-likeness (QED) is 0.422. The second-order valence-corrected chi connectivity index (χ2v) is 8.68. The van der Waals surface area contributed by atoms with Crippen molar-refractivity contribution < 1.29 is 8.78 Å². The average molecular weight is 458 g/mol. The summed E-state index contributed by atoms with van der Waals surface area (Å²) < 4.78 is 29.7. The van der Waals surface area contributed by atoms with Crippen molar-refractivity contribution in [3.63, 3.8) is 0 Å². The van der Waals surface area contributed by atoms with Crippen molar-refractivity contribution in [2.75, 3.05) is 6.54 Å². The number of hydrogen-bond donors (Lipinski definition) is 0. The smallest absolute Gasteiger partial charge is 0.259 e. The maximum Gasteiger partial charge on any atom is 0.259 e. The van der Waals surface area contributed by atoms with Gasteiger partial charge in [-0.05, 0) is 36.2 Å². The van der Waals surface area contributed by atoms with E-state index in [1.165, 1.54) is 6.07 Å². The third-order valence-electron chi connectivity index (χ3n) is 6.41. The summed E-state index contributed by atoms with van der Waals surface area (Å²) in [6.45, 7) is 3.07. The number of benzene rings is 3. The second kappa shape index (κ2) is 9.31. The number of aryl methyl sites for hydroxylation is 1. The van der Waals surface area contributed by atoms with Gasteiger partial charge in [0.1, 0.15) is 17.5 Å². The second-order valence-electron chi connectivity index (χ2n) is 8.68. The molecule has 0 unspecified atom stereocenters. The molecular formula is C28H25F2N3O. The zero-order chi connectivity index (χ0) is 23.7. The maximum atomic E-state index is 14.2. The topological polar surface area (TPSA) is 38.1 Å². The Balaban J connectivity index is 1.56. The molecule has 0 amide bonds. The van der Waals surface area contributed by atoms with Gasteiger partial charge in [0.05, 0.1) is 17.3 Å². The molecule has 0 aliphatic carbocycles. The lowest BCUT2D eigenvalue weighted by Gasteiger charge is -2.30. The van der Waals surface area contributed by atoms with Gasteiger partial charge < -0.3 is 0 Å². The minimum absolute atomic E-state index is 0.0929. The van der Waals surface area contributed by atoms with Crippen molar-refractivity contribution in [1.29, 1.82) is 0 Å². The number of nitrogens with zero attached hydrogens (tertiary/aromatic N) is 3. The van der Waals surface area contributed by atoms with E-state index < -0.39 is 11.6 Å². The van der Waals surface area contributed by atoms with E-state index in [-0.39, 0.29) is 23.7 Å². The van der Waals surface area contributed by atoms with Crippen LogP contribution in [0.5, 0.6) is 0 Å². The Morgan fingerprint density at radius 2 is 1.59 bits per heavy atom. The molecule has 1 aliphatic heterocycles. The fourth-order valence-corrected chi connectivity index (χ4v) is 4.77. The molecule has 0 saturated carbocycles. The summed E-state index contributed by atoms with van der Waals surface area (Å²) >= 11 is 0. The molecule has 0 spiro atoms. The highest BCUT2D eigenvalue weighted by Gasteiger charge is 2.27. The summed E-state index contributed by atoms with van der Waals surface area (Å²) in [4.78, 5) is 20.7. The summed E-state index contributed by atoms with van der Waals surface area (Å²) in [5.41, 5.74) is 3.59. The van der Waals surface area contributed by atoms with Gasteiger partial charge >= 0.3 is 0 Å². The molecule has 3 aromatic carbocycles. The molecule has 4 aromatic rings. The molecule has 6 heteroatoms. The van der Waals surface area contributed by atoms with Crippen molar-refractivity contribution in [1.82, 2.24) is 14.5 Å². The van der Waals surface area contributed by atoms with Gasteiger partial charge in [-0.3, -0.25) is 14.3 Å². The lowest BCUT2D eigenvalue weighted by atomic mass is 9.97. The zero-order valence-corrected chi connectivity index (χ0v) is 18.9. The molecule has 1 aliphatic rings. The predicted molar refractivity (Wildman–Crippen MR) is 128 cm³/mol. The molecule has 0 saturated heterocycles. The van der Waals surface area contributed by atoms with Crippen LogP contribution in [0.4, 0.5) is 8.78 Å². The van der Waals surface area contributed by atoms with Crippen LogP contribution in [-0.2, 0) is 19.5 Å². The van der Waals surface area contributed by atoms with E-state index in [4.69, 9.17) is 4.98 Å². The minimum atomic E-state index is -0.470. The Bertz CT molecular complexity index is 1330. The van der Waals surface area contributed by atoms with Crippen molar-refractivity contribution in [3.05, 3.63) is 135 Å². The van der Waals surface area contributed by atoms with Crippen LogP contribution in [-0.4, -0.2) is 21.0 Å². The molecule has 0 radical (unpaired) electrons. The molecule has 34 heavy (non-hydrogen) atoms. The van der Waals surface area contributed by atoms with Gasteiger partial charge in [-0.15, -0.1) is 0 Å². The Morgan fingerprint density at radius 1 is 0.941 bits per heavy atom. The predicted octanol–water partition coefficient (Wildman–Crippen LogP) is 5.03. The molecule has 5 rings (SSSR count). The first-order valence-electron chi connectivity index (χ1n) is 11.4. The van der Waals surface area contributed by atoms with Gasteiger partial charge in [-0.1, -0.05) is 60.7 Å². The van der Waals surface area contributed by atoms with Crippen LogP contribution >= 0.6 is 0 Å². The SMILES string of the molecule is Cc1nc2c(c(=O)n1C(c1ccccc1)c1ccccc1)CN(Cc1cc(F)ccc1F)CC2. The van der Waals surface area contributed by atoms with Crippen LogP contribution in [0.2, 0.25) is 0 Å². The van der Waals surface area contributed by atoms with Gasteiger partial charge in [0.15, 0.2) is 0 Å². The van der Waals surface area contributed by atoms with E-state index in [2.05, 4.69) is 0 Å². The van der Waals surface area contributed by atoms with Gasteiger partial charge in [-0.25, -0.2) is 13.8 Å². The Kier molecular flexibility index (Phi) is 6.07. The first-order chi connectivity index (χ1) is 16.5. The number of fused-ring (bicyclic) bond motifs is 1. The van der Waals surface area contributed by atoms with Gasteiger partial charge in [-0.2, -0.15) is 0 Å². The van der Waals surface area contributed by atoms with E-state index in [1.807, 2.05) is 72.5 Å². The van der Waals surface area contributed by atoms with Crippen LogP contribution in [0.1, 0.15) is 39.8 Å². The van der Waals surface area contributed by atoms with E-state index in [9.17, 15) is 13.6 Å². The highest BCUT2D eigenvalue weighted by atomic mass is 19.1.